The van der Waals surface area contributed by atoms with E-state index < -0.39 is 56.5 Å². The molecule has 2 amide bonds. The number of amides is 2. The van der Waals surface area contributed by atoms with Crippen LogP contribution in [0.2, 0.25) is 0 Å². The molecule has 1 N–H and O–H groups in total. The minimum Gasteiger partial charge on any atom is -0.347 e. The number of alkyl halides is 3. The van der Waals surface area contributed by atoms with Gasteiger partial charge in [-0.2, -0.15) is 13.2 Å². The van der Waals surface area contributed by atoms with Gasteiger partial charge in [-0.15, -0.1) is 0 Å². The van der Waals surface area contributed by atoms with Crippen LogP contribution < -0.4 is 5.32 Å². The first-order chi connectivity index (χ1) is 18.4. The molecular formula is C28H28F4N2O4S. The van der Waals surface area contributed by atoms with Gasteiger partial charge in [-0.25, -0.2) is 12.8 Å². The zero-order chi connectivity index (χ0) is 27.7. The summed E-state index contributed by atoms with van der Waals surface area (Å²) in [6.07, 6.45) is -0.0851. The fourth-order valence-corrected chi connectivity index (χ4v) is 7.68. The van der Waals surface area contributed by atoms with Crippen molar-refractivity contribution >= 4 is 21.7 Å². The number of nitrogens with one attached hydrogen (secondary N) is 1. The fourth-order valence-electron chi connectivity index (χ4n) is 5.98. The van der Waals surface area contributed by atoms with Crippen LogP contribution in [-0.4, -0.2) is 42.5 Å². The molecule has 1 saturated heterocycles. The van der Waals surface area contributed by atoms with Crippen LogP contribution in [0.25, 0.3) is 0 Å². The molecule has 0 spiro atoms. The predicted molar refractivity (Wildman–Crippen MR) is 133 cm³/mol. The summed E-state index contributed by atoms with van der Waals surface area (Å²) in [6.45, 7) is 0. The molecule has 6 rings (SSSR count). The van der Waals surface area contributed by atoms with Crippen molar-refractivity contribution in [1.82, 2.24) is 10.2 Å². The topological polar surface area (TPSA) is 83.6 Å². The number of hydrogen-bond acceptors (Lipinski definition) is 4. The van der Waals surface area contributed by atoms with Crippen molar-refractivity contribution in [3.8, 4) is 0 Å². The lowest BCUT2D eigenvalue weighted by Crippen LogP contribution is -2.51. The quantitative estimate of drug-likeness (QED) is 0.478. The van der Waals surface area contributed by atoms with Gasteiger partial charge in [0.15, 0.2) is 9.84 Å². The number of hydrogen-bond donors (Lipinski definition) is 1. The summed E-state index contributed by atoms with van der Waals surface area (Å²) in [5.74, 6) is -2.13. The Kier molecular flexibility index (Phi) is 6.28. The largest absolute Gasteiger partial charge is 0.419 e. The predicted octanol–water partition coefficient (Wildman–Crippen LogP) is 5.04. The third-order valence-corrected chi connectivity index (χ3v) is 10.8. The minimum atomic E-state index is -4.82. The van der Waals surface area contributed by atoms with Crippen LogP contribution in [0.4, 0.5) is 17.6 Å². The second-order valence-electron chi connectivity index (χ2n) is 11.2. The van der Waals surface area contributed by atoms with E-state index in [9.17, 15) is 35.6 Å². The zero-order valence-corrected chi connectivity index (χ0v) is 21.8. The number of carbonyl (C=O) groups is 2. The Hall–Kier alpha value is -2.95. The van der Waals surface area contributed by atoms with Crippen molar-refractivity contribution in [2.75, 3.05) is 0 Å². The van der Waals surface area contributed by atoms with E-state index in [2.05, 4.69) is 5.32 Å². The van der Waals surface area contributed by atoms with E-state index in [1.807, 2.05) is 0 Å². The van der Waals surface area contributed by atoms with Crippen LogP contribution in [0.15, 0.2) is 47.4 Å². The fraction of sp³-hybridized carbons (Fsp3) is 0.500. The number of halogens is 4. The van der Waals surface area contributed by atoms with E-state index in [-0.39, 0.29) is 33.9 Å². The van der Waals surface area contributed by atoms with Crippen LogP contribution in [0.3, 0.4) is 0 Å². The number of nitrogens with zero attached hydrogens (tertiary/aromatic N) is 1. The molecule has 11 heteroatoms. The van der Waals surface area contributed by atoms with Crippen LogP contribution in [0, 0.1) is 17.7 Å². The van der Waals surface area contributed by atoms with Gasteiger partial charge in [-0.05, 0) is 92.7 Å². The SMILES string of the molecule is O=C(N[C@@H](c1ccc(C(F)(F)F)c(F)c1)C1CC1)[C@H]1C[C@H]2CC[C@H]2N1C(=O)c1cccc(S(=O)(=O)C2CC2)c1. The third kappa shape index (κ3) is 4.83. The smallest absolute Gasteiger partial charge is 0.347 e. The van der Waals surface area contributed by atoms with Crippen molar-refractivity contribution in [1.29, 1.82) is 0 Å². The Morgan fingerprint density at radius 3 is 2.31 bits per heavy atom. The molecule has 2 aromatic carbocycles. The first-order valence-corrected chi connectivity index (χ1v) is 14.8. The van der Waals surface area contributed by atoms with E-state index in [1.54, 1.807) is 11.0 Å². The molecule has 3 saturated carbocycles. The van der Waals surface area contributed by atoms with Gasteiger partial charge in [0, 0.05) is 11.6 Å². The third-order valence-electron chi connectivity index (χ3n) is 8.56. The van der Waals surface area contributed by atoms with Crippen molar-refractivity contribution in [3.63, 3.8) is 0 Å². The number of likely N-dealkylation sites (tertiary alicyclic amines) is 1. The maximum Gasteiger partial charge on any atom is 0.419 e. The molecule has 0 aromatic heterocycles. The molecule has 4 aliphatic rings. The molecule has 208 valence electrons. The summed E-state index contributed by atoms with van der Waals surface area (Å²) in [5.41, 5.74) is -0.902. The lowest BCUT2D eigenvalue weighted by Gasteiger charge is -2.37. The van der Waals surface area contributed by atoms with E-state index in [0.29, 0.717) is 25.3 Å². The first-order valence-electron chi connectivity index (χ1n) is 13.3. The molecule has 0 unspecified atom stereocenters. The Bertz CT molecular complexity index is 1440. The highest BCUT2D eigenvalue weighted by atomic mass is 32.2. The second kappa shape index (κ2) is 9.31. The highest BCUT2D eigenvalue weighted by molar-refractivity contribution is 7.92. The Balaban J connectivity index is 1.24. The number of fused-ring (bicyclic) bond motifs is 1. The van der Waals surface area contributed by atoms with Gasteiger partial charge in [0.05, 0.1) is 21.8 Å². The molecule has 0 radical (unpaired) electrons. The minimum absolute atomic E-state index is 0.0309. The average Bonchev–Trinajstić information content (AvgIpc) is 3.78. The number of carbonyl (C=O) groups excluding carboxylic acids is 2. The van der Waals surface area contributed by atoms with Crippen LogP contribution in [0.5, 0.6) is 0 Å². The summed E-state index contributed by atoms with van der Waals surface area (Å²) in [7, 11) is -3.50. The lowest BCUT2D eigenvalue weighted by atomic mass is 9.80. The Labute approximate surface area is 223 Å². The molecule has 1 aliphatic heterocycles. The summed E-state index contributed by atoms with van der Waals surface area (Å²) < 4.78 is 79.0. The lowest BCUT2D eigenvalue weighted by molar-refractivity contribution is -0.140. The first kappa shape index (κ1) is 26.3. The molecule has 4 fully saturated rings. The summed E-state index contributed by atoms with van der Waals surface area (Å²) >= 11 is 0. The molecule has 4 atom stereocenters. The number of benzene rings is 2. The summed E-state index contributed by atoms with van der Waals surface area (Å²) in [5, 5.41) is 2.49. The van der Waals surface area contributed by atoms with Gasteiger partial charge in [0.25, 0.3) is 5.91 Å². The maximum atomic E-state index is 14.3. The normalized spacial score (nSPS) is 25.5. The highest BCUT2D eigenvalue weighted by Crippen LogP contribution is 2.46. The van der Waals surface area contributed by atoms with Crippen molar-refractivity contribution in [3.05, 3.63) is 65.0 Å². The van der Waals surface area contributed by atoms with Gasteiger partial charge in [-0.1, -0.05) is 12.1 Å². The van der Waals surface area contributed by atoms with Crippen LogP contribution in [-0.2, 0) is 20.8 Å². The summed E-state index contributed by atoms with van der Waals surface area (Å²) in [6, 6.07) is 7.06. The molecule has 1 heterocycles. The molecule has 6 nitrogen and oxygen atoms in total. The number of sulfone groups is 1. The molecule has 2 aromatic rings. The number of rotatable bonds is 7. The Morgan fingerprint density at radius 1 is 0.974 bits per heavy atom. The van der Waals surface area contributed by atoms with Crippen molar-refractivity contribution < 1.29 is 35.6 Å². The van der Waals surface area contributed by atoms with Crippen molar-refractivity contribution in [2.45, 2.75) is 79.4 Å². The van der Waals surface area contributed by atoms with E-state index in [1.165, 1.54) is 24.3 Å². The standard InChI is InChI=1S/C28H28F4N2O4S/c29-22-13-17(6-10-21(22)28(30,31)32)25(15-4-5-15)33-26(35)24-14-16-7-11-23(16)34(24)27(36)18-2-1-3-20(12-18)39(37,38)19-8-9-19/h1-3,6,10,12-13,15-16,19,23-25H,4-5,7-9,11,14H2,(H,33,35)/t16-,23-,24-,25-/m1/s1. The molecular weight excluding hydrogens is 536 g/mol. The highest BCUT2D eigenvalue weighted by Gasteiger charge is 2.52. The van der Waals surface area contributed by atoms with Gasteiger partial charge in [0.1, 0.15) is 11.9 Å². The molecule has 3 aliphatic carbocycles. The second-order valence-corrected chi connectivity index (χ2v) is 13.4. The van der Waals surface area contributed by atoms with Crippen LogP contribution in [0.1, 0.15) is 72.5 Å². The van der Waals surface area contributed by atoms with Gasteiger partial charge >= 0.3 is 6.18 Å². The summed E-state index contributed by atoms with van der Waals surface area (Å²) in [4.78, 5) is 28.9. The van der Waals surface area contributed by atoms with Gasteiger partial charge in [-0.3, -0.25) is 9.59 Å². The van der Waals surface area contributed by atoms with E-state index >= 15 is 0 Å². The van der Waals surface area contributed by atoms with Gasteiger partial charge < -0.3 is 10.2 Å². The van der Waals surface area contributed by atoms with E-state index in [0.717, 1.165) is 31.7 Å². The van der Waals surface area contributed by atoms with Crippen LogP contribution >= 0.6 is 0 Å². The van der Waals surface area contributed by atoms with Crippen molar-refractivity contribution in [2.24, 2.45) is 11.8 Å². The Morgan fingerprint density at radius 2 is 1.72 bits per heavy atom. The van der Waals surface area contributed by atoms with Gasteiger partial charge in [0.2, 0.25) is 5.91 Å². The zero-order valence-electron chi connectivity index (χ0n) is 21.0. The maximum absolute atomic E-state index is 14.3. The molecule has 0 bridgehead atoms. The monoisotopic (exact) mass is 564 g/mol. The molecule has 39 heavy (non-hydrogen) atoms. The van der Waals surface area contributed by atoms with E-state index in [4.69, 9.17) is 0 Å². The average molecular weight is 565 g/mol.